The number of nitrogens with zero attached hydrogens (tertiary/aromatic N) is 5. The van der Waals surface area contributed by atoms with Crippen LogP contribution in [0.5, 0.6) is 11.5 Å². The molecule has 1 aliphatic rings. The summed E-state index contributed by atoms with van der Waals surface area (Å²) in [6.07, 6.45) is 14.9. The summed E-state index contributed by atoms with van der Waals surface area (Å²) >= 11 is 0. The number of anilines is 3. The third-order valence-corrected chi connectivity index (χ3v) is 10.1. The van der Waals surface area contributed by atoms with Gasteiger partial charge in [0, 0.05) is 77.5 Å². The van der Waals surface area contributed by atoms with Crippen molar-refractivity contribution in [3.63, 3.8) is 0 Å². The van der Waals surface area contributed by atoms with E-state index in [1.54, 1.807) is 0 Å². The molecule has 0 atom stereocenters. The Labute approximate surface area is 325 Å². The summed E-state index contributed by atoms with van der Waals surface area (Å²) in [6.45, 7) is 0. The molecule has 0 N–H and O–H groups in total. The van der Waals surface area contributed by atoms with Crippen molar-refractivity contribution in [3.05, 3.63) is 201 Å². The second kappa shape index (κ2) is 14.3. The average Bonchev–Trinajstić information content (AvgIpc) is 3.29. The van der Waals surface area contributed by atoms with Gasteiger partial charge in [-0.2, -0.15) is 0 Å². The molecule has 0 fully saturated rings. The van der Waals surface area contributed by atoms with Gasteiger partial charge in [0.2, 0.25) is 0 Å². The van der Waals surface area contributed by atoms with Crippen LogP contribution in [0.3, 0.4) is 0 Å². The molecule has 0 amide bonds. The maximum atomic E-state index is 6.45. The third kappa shape index (κ3) is 6.35. The molecule has 5 heterocycles. The van der Waals surface area contributed by atoms with Gasteiger partial charge < -0.3 is 9.64 Å². The van der Waals surface area contributed by atoms with Gasteiger partial charge in [-0.15, -0.1) is 0 Å². The Morgan fingerprint density at radius 1 is 0.304 bits per heavy atom. The molecule has 0 aliphatic carbocycles. The largest absolute Gasteiger partial charge is 0.453 e. The van der Waals surface area contributed by atoms with Crippen molar-refractivity contribution in [2.24, 2.45) is 0 Å². The van der Waals surface area contributed by atoms with Gasteiger partial charge in [0.25, 0.3) is 0 Å². The number of benzene rings is 5. The lowest BCUT2D eigenvalue weighted by atomic mass is 9.90. The molecule has 4 aromatic heterocycles. The molecule has 0 spiro atoms. The van der Waals surface area contributed by atoms with Crippen LogP contribution in [0.1, 0.15) is 0 Å². The van der Waals surface area contributed by atoms with Crippen LogP contribution in [0.2, 0.25) is 0 Å². The van der Waals surface area contributed by atoms with Crippen molar-refractivity contribution in [1.82, 2.24) is 19.9 Å². The summed E-state index contributed by atoms with van der Waals surface area (Å²) in [4.78, 5) is 20.2. The predicted octanol–water partition coefficient (Wildman–Crippen LogP) is 12.8. The minimum absolute atomic E-state index is 0.799. The molecule has 6 heteroatoms. The van der Waals surface area contributed by atoms with Crippen molar-refractivity contribution >= 4 is 17.1 Å². The molecule has 6 nitrogen and oxygen atoms in total. The van der Waals surface area contributed by atoms with E-state index >= 15 is 0 Å². The highest BCUT2D eigenvalue weighted by molar-refractivity contribution is 5.92. The predicted molar refractivity (Wildman–Crippen MR) is 225 cm³/mol. The number of hydrogen-bond acceptors (Lipinski definition) is 6. The number of pyridine rings is 4. The zero-order valence-corrected chi connectivity index (χ0v) is 30.2. The Kier molecular flexibility index (Phi) is 8.39. The number of fused-ring (bicyclic) bond motifs is 2. The lowest BCUT2D eigenvalue weighted by Gasteiger charge is -2.33. The van der Waals surface area contributed by atoms with Gasteiger partial charge >= 0.3 is 0 Å². The Morgan fingerprint density at radius 2 is 0.607 bits per heavy atom. The molecule has 56 heavy (non-hydrogen) atoms. The minimum atomic E-state index is 0.799. The Hall–Kier alpha value is -7.70. The molecule has 5 aromatic carbocycles. The topological polar surface area (TPSA) is 64.0 Å². The second-order valence-corrected chi connectivity index (χ2v) is 13.7. The highest BCUT2D eigenvalue weighted by Gasteiger charge is 2.26. The van der Waals surface area contributed by atoms with Crippen LogP contribution in [-0.4, -0.2) is 19.9 Å². The summed E-state index contributed by atoms with van der Waals surface area (Å²) in [5, 5.41) is 0. The molecule has 0 radical (unpaired) electrons. The molecular weight excluding hydrogens is 687 g/mol. The van der Waals surface area contributed by atoms with E-state index in [0.29, 0.717) is 0 Å². The first-order valence-electron chi connectivity index (χ1n) is 18.5. The van der Waals surface area contributed by atoms with Gasteiger partial charge in [-0.1, -0.05) is 48.5 Å². The van der Waals surface area contributed by atoms with E-state index in [2.05, 4.69) is 128 Å². The molecule has 10 rings (SSSR count). The molecule has 0 unspecified atom stereocenters. The Morgan fingerprint density at radius 3 is 0.929 bits per heavy atom. The van der Waals surface area contributed by atoms with Gasteiger partial charge in [-0.25, -0.2) is 0 Å². The van der Waals surface area contributed by atoms with Crippen LogP contribution in [0.4, 0.5) is 17.1 Å². The van der Waals surface area contributed by atoms with E-state index in [4.69, 9.17) is 4.74 Å². The van der Waals surface area contributed by atoms with Gasteiger partial charge in [-0.3, -0.25) is 19.9 Å². The molecule has 9 aromatic rings. The van der Waals surface area contributed by atoms with E-state index in [-0.39, 0.29) is 0 Å². The zero-order valence-electron chi connectivity index (χ0n) is 30.2. The quantitative estimate of drug-likeness (QED) is 0.163. The second-order valence-electron chi connectivity index (χ2n) is 13.7. The minimum Gasteiger partial charge on any atom is -0.453 e. The van der Waals surface area contributed by atoms with Crippen LogP contribution in [0, 0.1) is 0 Å². The third-order valence-electron chi connectivity index (χ3n) is 10.1. The van der Waals surface area contributed by atoms with Crippen molar-refractivity contribution in [3.8, 4) is 78.3 Å². The van der Waals surface area contributed by atoms with Crippen LogP contribution in [0.15, 0.2) is 201 Å². The first-order valence-corrected chi connectivity index (χ1v) is 18.5. The summed E-state index contributed by atoms with van der Waals surface area (Å²) < 4.78 is 6.45. The smallest absolute Gasteiger partial charge is 0.151 e. The summed E-state index contributed by atoms with van der Waals surface area (Å²) in [5.41, 5.74) is 15.6. The van der Waals surface area contributed by atoms with E-state index < -0.39 is 0 Å². The van der Waals surface area contributed by atoms with Crippen molar-refractivity contribution in [2.45, 2.75) is 0 Å². The molecule has 1 aliphatic heterocycles. The molecule has 264 valence electrons. The molecular formula is C50H33N5O. The number of hydrogen-bond donors (Lipinski definition) is 0. The standard InChI is InChI=1S/C50H33N5O/c1-3-15-49-47(13-1)55(48-14-2-4-16-50(48)56-49)46-28-44(42-23-38(34-9-5-17-51-30-34)21-39(24-42)35-10-6-18-52-31-35)27-45(29-46)43-25-40(36-11-7-19-53-32-36)22-41(26-43)37-12-8-20-54-33-37/h1-33H. The lowest BCUT2D eigenvalue weighted by molar-refractivity contribution is 0.477. The van der Waals surface area contributed by atoms with E-state index in [1.165, 1.54) is 0 Å². The molecule has 0 saturated heterocycles. The Bertz CT molecular complexity index is 2520. The molecule has 0 saturated carbocycles. The van der Waals surface area contributed by atoms with Crippen LogP contribution in [0.25, 0.3) is 66.8 Å². The van der Waals surface area contributed by atoms with Gasteiger partial charge in [0.05, 0.1) is 11.4 Å². The van der Waals surface area contributed by atoms with Crippen LogP contribution >= 0.6 is 0 Å². The first kappa shape index (κ1) is 32.9. The highest BCUT2D eigenvalue weighted by Crippen LogP contribution is 2.51. The summed E-state index contributed by atoms with van der Waals surface area (Å²) in [7, 11) is 0. The van der Waals surface area contributed by atoms with E-state index in [1.807, 2.05) is 98.1 Å². The number of ether oxygens (including phenoxy) is 1. The number of para-hydroxylation sites is 4. The highest BCUT2D eigenvalue weighted by atomic mass is 16.5. The monoisotopic (exact) mass is 719 g/mol. The lowest BCUT2D eigenvalue weighted by Crippen LogP contribution is -2.15. The average molecular weight is 720 g/mol. The van der Waals surface area contributed by atoms with Gasteiger partial charge in [0.15, 0.2) is 11.5 Å². The fourth-order valence-electron chi connectivity index (χ4n) is 7.45. The summed E-state index contributed by atoms with van der Waals surface area (Å²) in [6, 6.07) is 53.1. The fourth-order valence-corrected chi connectivity index (χ4v) is 7.45. The maximum Gasteiger partial charge on any atom is 0.151 e. The first-order chi connectivity index (χ1) is 27.7. The van der Waals surface area contributed by atoms with Crippen molar-refractivity contribution < 1.29 is 4.74 Å². The summed E-state index contributed by atoms with van der Waals surface area (Å²) in [5.74, 6) is 1.60. The maximum absolute atomic E-state index is 6.45. The van der Waals surface area contributed by atoms with Crippen molar-refractivity contribution in [1.29, 1.82) is 0 Å². The van der Waals surface area contributed by atoms with Gasteiger partial charge in [0.1, 0.15) is 0 Å². The SMILES string of the molecule is c1cncc(-c2cc(-c3cccnc3)cc(-c3cc(-c4cc(-c5cccnc5)cc(-c5cccnc5)c4)cc(N4c5ccccc5Oc5ccccc54)c3)c2)c1. The fraction of sp³-hybridized carbons (Fsp3) is 0. The van der Waals surface area contributed by atoms with Gasteiger partial charge in [-0.05, 0) is 148 Å². The number of rotatable bonds is 7. The number of aromatic nitrogens is 4. The van der Waals surface area contributed by atoms with Crippen molar-refractivity contribution in [2.75, 3.05) is 4.90 Å². The van der Waals surface area contributed by atoms with E-state index in [9.17, 15) is 0 Å². The normalized spacial score (nSPS) is 11.7. The zero-order chi connectivity index (χ0) is 37.3. The van der Waals surface area contributed by atoms with Crippen LogP contribution in [-0.2, 0) is 0 Å². The Balaban J connectivity index is 1.25. The molecule has 0 bridgehead atoms. The van der Waals surface area contributed by atoms with Crippen LogP contribution < -0.4 is 9.64 Å². The van der Waals surface area contributed by atoms with E-state index in [0.717, 1.165) is 95.3 Å².